The van der Waals surface area contributed by atoms with Crippen LogP contribution in [0, 0.1) is 5.92 Å². The Balaban J connectivity index is 1.34. The van der Waals surface area contributed by atoms with Crippen molar-refractivity contribution < 1.29 is 4.74 Å². The normalized spacial score (nSPS) is 26.4. The number of nitrogens with zero attached hydrogens (tertiary/aromatic N) is 1. The van der Waals surface area contributed by atoms with Gasteiger partial charge in [-0.3, -0.25) is 10.3 Å². The summed E-state index contributed by atoms with van der Waals surface area (Å²) >= 11 is 0. The summed E-state index contributed by atoms with van der Waals surface area (Å²) in [5.41, 5.74) is 8.07. The number of morpholine rings is 1. The molecule has 0 bridgehead atoms. The van der Waals surface area contributed by atoms with E-state index < -0.39 is 0 Å². The van der Waals surface area contributed by atoms with Crippen molar-refractivity contribution in [3.8, 4) is 0 Å². The fourth-order valence-electron chi connectivity index (χ4n) is 3.28. The summed E-state index contributed by atoms with van der Waals surface area (Å²) in [5.74, 6) is 0.603. The van der Waals surface area contributed by atoms with Crippen molar-refractivity contribution in [1.29, 1.82) is 0 Å². The molecule has 0 amide bonds. The fraction of sp³-hybridized carbons (Fsp3) is 0.647. The molecule has 2 fully saturated rings. The molecule has 122 valence electrons. The molecule has 2 saturated heterocycles. The van der Waals surface area contributed by atoms with Gasteiger partial charge in [0, 0.05) is 32.1 Å². The molecule has 1 aromatic rings. The number of hydrogen-bond acceptors (Lipinski definition) is 5. The molecule has 0 radical (unpaired) electrons. The van der Waals surface area contributed by atoms with E-state index in [2.05, 4.69) is 51.4 Å². The maximum absolute atomic E-state index is 5.38. The zero-order valence-corrected chi connectivity index (χ0v) is 13.3. The molecule has 5 nitrogen and oxygen atoms in total. The predicted molar refractivity (Wildman–Crippen MR) is 88.6 cm³/mol. The van der Waals surface area contributed by atoms with E-state index in [0.717, 1.165) is 45.9 Å². The smallest absolute Gasteiger partial charge is 0.0594 e. The van der Waals surface area contributed by atoms with Crippen LogP contribution in [0.2, 0.25) is 0 Å². The Morgan fingerprint density at radius 2 is 2.00 bits per heavy atom. The molecule has 2 atom stereocenters. The highest BCUT2D eigenvalue weighted by molar-refractivity contribution is 5.20. The first-order valence-electron chi connectivity index (χ1n) is 8.47. The lowest BCUT2D eigenvalue weighted by Crippen LogP contribution is -2.38. The van der Waals surface area contributed by atoms with Crippen molar-refractivity contribution >= 4 is 0 Å². The van der Waals surface area contributed by atoms with Gasteiger partial charge >= 0.3 is 0 Å². The Labute approximate surface area is 133 Å². The number of nitrogens with one attached hydrogen (secondary N) is 3. The van der Waals surface area contributed by atoms with Gasteiger partial charge in [-0.15, -0.1) is 0 Å². The molecule has 5 heteroatoms. The van der Waals surface area contributed by atoms with E-state index in [9.17, 15) is 0 Å². The molecule has 22 heavy (non-hydrogen) atoms. The molecule has 0 aromatic heterocycles. The van der Waals surface area contributed by atoms with E-state index in [0.29, 0.717) is 12.0 Å². The predicted octanol–water partition coefficient (Wildman–Crippen LogP) is 0.764. The number of ether oxygens (including phenoxy) is 1. The molecule has 0 spiro atoms. The maximum Gasteiger partial charge on any atom is 0.0594 e. The number of rotatable bonds is 7. The van der Waals surface area contributed by atoms with Crippen LogP contribution in [0.25, 0.3) is 0 Å². The Bertz CT molecular complexity index is 422. The minimum atomic E-state index is 0.410. The first-order chi connectivity index (χ1) is 10.9. The molecular formula is C17H28N4O. The second kappa shape index (κ2) is 8.60. The van der Waals surface area contributed by atoms with Gasteiger partial charge in [0.15, 0.2) is 0 Å². The monoisotopic (exact) mass is 304 g/mol. The van der Waals surface area contributed by atoms with Crippen LogP contribution in [0.4, 0.5) is 0 Å². The van der Waals surface area contributed by atoms with Crippen molar-refractivity contribution in [2.45, 2.75) is 12.5 Å². The van der Waals surface area contributed by atoms with Crippen LogP contribution in [0.15, 0.2) is 30.3 Å². The summed E-state index contributed by atoms with van der Waals surface area (Å²) in [5, 5.41) is 3.63. The van der Waals surface area contributed by atoms with E-state index in [1.54, 1.807) is 0 Å². The zero-order chi connectivity index (χ0) is 15.0. The molecule has 0 saturated carbocycles. The van der Waals surface area contributed by atoms with Crippen LogP contribution < -0.4 is 16.2 Å². The summed E-state index contributed by atoms with van der Waals surface area (Å²) in [7, 11) is 0. The molecule has 2 unspecified atom stereocenters. The maximum atomic E-state index is 5.38. The van der Waals surface area contributed by atoms with Gasteiger partial charge in [-0.2, -0.15) is 0 Å². The van der Waals surface area contributed by atoms with Crippen LogP contribution in [-0.2, 0) is 4.74 Å². The summed E-state index contributed by atoms with van der Waals surface area (Å²) in [4.78, 5) is 2.50. The molecule has 3 rings (SSSR count). The third kappa shape index (κ3) is 4.51. The topological polar surface area (TPSA) is 48.6 Å². The van der Waals surface area contributed by atoms with Gasteiger partial charge in [-0.1, -0.05) is 30.3 Å². The van der Waals surface area contributed by atoms with Gasteiger partial charge in [-0.05, 0) is 25.1 Å². The fourth-order valence-corrected chi connectivity index (χ4v) is 3.28. The van der Waals surface area contributed by atoms with Crippen LogP contribution in [0.3, 0.4) is 0 Å². The molecule has 2 heterocycles. The summed E-state index contributed by atoms with van der Waals surface area (Å²) in [6.07, 6.45) is 1.21. The molecular weight excluding hydrogens is 276 g/mol. The second-order valence-electron chi connectivity index (χ2n) is 6.19. The Kier molecular flexibility index (Phi) is 6.21. The highest BCUT2D eigenvalue weighted by atomic mass is 16.5. The van der Waals surface area contributed by atoms with E-state index in [-0.39, 0.29) is 0 Å². The largest absolute Gasteiger partial charge is 0.379 e. The van der Waals surface area contributed by atoms with E-state index in [1.807, 2.05) is 0 Å². The number of hydrazine groups is 1. The Morgan fingerprint density at radius 1 is 1.18 bits per heavy atom. The Morgan fingerprint density at radius 3 is 2.82 bits per heavy atom. The van der Waals surface area contributed by atoms with Crippen molar-refractivity contribution in [3.63, 3.8) is 0 Å². The average Bonchev–Trinajstić information content (AvgIpc) is 3.05. The minimum Gasteiger partial charge on any atom is -0.379 e. The second-order valence-corrected chi connectivity index (χ2v) is 6.19. The SMILES string of the molecule is c1ccc(C2NNCC2CNCCCN2CCOCC2)cc1. The molecule has 1 aromatic carbocycles. The van der Waals surface area contributed by atoms with E-state index >= 15 is 0 Å². The van der Waals surface area contributed by atoms with Gasteiger partial charge < -0.3 is 10.1 Å². The van der Waals surface area contributed by atoms with E-state index in [4.69, 9.17) is 4.74 Å². The highest BCUT2D eigenvalue weighted by Crippen LogP contribution is 2.23. The first-order valence-corrected chi connectivity index (χ1v) is 8.47. The van der Waals surface area contributed by atoms with Crippen LogP contribution in [0.1, 0.15) is 18.0 Å². The van der Waals surface area contributed by atoms with E-state index in [1.165, 1.54) is 18.5 Å². The van der Waals surface area contributed by atoms with Crippen LogP contribution >= 0.6 is 0 Å². The van der Waals surface area contributed by atoms with Crippen LogP contribution in [-0.4, -0.2) is 57.4 Å². The van der Waals surface area contributed by atoms with Crippen molar-refractivity contribution in [2.24, 2.45) is 5.92 Å². The van der Waals surface area contributed by atoms with Crippen LogP contribution in [0.5, 0.6) is 0 Å². The minimum absolute atomic E-state index is 0.410. The number of hydrogen-bond donors (Lipinski definition) is 3. The quantitative estimate of drug-likeness (QED) is 0.650. The molecule has 2 aliphatic rings. The lowest BCUT2D eigenvalue weighted by Gasteiger charge is -2.26. The molecule has 2 aliphatic heterocycles. The molecule has 0 aliphatic carbocycles. The summed E-state index contributed by atoms with van der Waals surface area (Å²) < 4.78 is 5.38. The van der Waals surface area contributed by atoms with Gasteiger partial charge in [0.2, 0.25) is 0 Å². The Hall–Kier alpha value is -0.980. The summed E-state index contributed by atoms with van der Waals surface area (Å²) in [6.45, 7) is 8.32. The highest BCUT2D eigenvalue weighted by Gasteiger charge is 2.27. The van der Waals surface area contributed by atoms with Gasteiger partial charge in [0.1, 0.15) is 0 Å². The van der Waals surface area contributed by atoms with Crippen molar-refractivity contribution in [3.05, 3.63) is 35.9 Å². The van der Waals surface area contributed by atoms with Gasteiger partial charge in [-0.25, -0.2) is 5.43 Å². The number of benzene rings is 1. The van der Waals surface area contributed by atoms with Crippen molar-refractivity contribution in [1.82, 2.24) is 21.1 Å². The zero-order valence-electron chi connectivity index (χ0n) is 13.3. The van der Waals surface area contributed by atoms with Crippen molar-refractivity contribution in [2.75, 3.05) is 52.5 Å². The average molecular weight is 304 g/mol. The third-order valence-electron chi connectivity index (χ3n) is 4.59. The molecule has 3 N–H and O–H groups in total. The van der Waals surface area contributed by atoms with Gasteiger partial charge in [0.25, 0.3) is 0 Å². The standard InChI is InChI=1S/C17H28N4O/c1-2-5-15(6-3-1)17-16(14-19-20-17)13-18-7-4-8-21-9-11-22-12-10-21/h1-3,5-6,16-20H,4,7-14H2. The third-order valence-corrected chi connectivity index (χ3v) is 4.59. The summed E-state index contributed by atoms with van der Waals surface area (Å²) in [6, 6.07) is 11.1. The lowest BCUT2D eigenvalue weighted by molar-refractivity contribution is 0.0374. The first kappa shape index (κ1) is 15.9. The van der Waals surface area contributed by atoms with Gasteiger partial charge in [0.05, 0.1) is 19.3 Å². The lowest BCUT2D eigenvalue weighted by atomic mass is 9.95.